The topological polar surface area (TPSA) is 29.1 Å². The van der Waals surface area contributed by atoms with Crippen molar-refractivity contribution in [3.8, 4) is 0 Å². The molecule has 0 spiro atoms. The van der Waals surface area contributed by atoms with E-state index in [2.05, 4.69) is 44.3 Å². The van der Waals surface area contributed by atoms with Crippen LogP contribution in [0.4, 0.5) is 0 Å². The summed E-state index contributed by atoms with van der Waals surface area (Å²) < 4.78 is 12.5. The predicted molar refractivity (Wildman–Crippen MR) is 72.7 cm³/mol. The van der Waals surface area contributed by atoms with Gasteiger partial charge in [0.25, 0.3) is 0 Å². The summed E-state index contributed by atoms with van der Waals surface area (Å²) in [5.74, 6) is 0. The predicted octanol–water partition coefficient (Wildman–Crippen LogP) is 2.94. The minimum atomic E-state index is -0.843. The Balaban J connectivity index is 2.39. The first kappa shape index (κ1) is 12.8. The van der Waals surface area contributed by atoms with Gasteiger partial charge in [-0.25, -0.2) is 0 Å². The van der Waals surface area contributed by atoms with Gasteiger partial charge < -0.3 is 5.32 Å². The van der Waals surface area contributed by atoms with Gasteiger partial charge in [0.15, 0.2) is 0 Å². The van der Waals surface area contributed by atoms with Crippen molar-refractivity contribution in [3.05, 3.63) is 29.3 Å². The van der Waals surface area contributed by atoms with Crippen LogP contribution in [-0.4, -0.2) is 16.0 Å². The van der Waals surface area contributed by atoms with Gasteiger partial charge in [-0.15, -0.1) is 0 Å². The van der Waals surface area contributed by atoms with Crippen LogP contribution in [0.1, 0.15) is 43.9 Å². The maximum Gasteiger partial charge on any atom is 0.0587 e. The van der Waals surface area contributed by atoms with Crippen molar-refractivity contribution >= 4 is 10.8 Å². The van der Waals surface area contributed by atoms with E-state index in [0.717, 1.165) is 24.3 Å². The number of fused-ring (bicyclic) bond motifs is 1. The summed E-state index contributed by atoms with van der Waals surface area (Å²) in [6.45, 7) is 7.35. The first-order valence-corrected chi connectivity index (χ1v) is 7.65. The molecule has 0 aromatic heterocycles. The van der Waals surface area contributed by atoms with E-state index in [9.17, 15) is 4.21 Å². The zero-order valence-electron chi connectivity index (χ0n) is 10.8. The summed E-state index contributed by atoms with van der Waals surface area (Å²) in [7, 11) is -0.843. The normalized spacial score (nSPS) is 27.1. The molecule has 2 nitrogen and oxygen atoms in total. The molecule has 94 valence electrons. The van der Waals surface area contributed by atoms with Crippen LogP contribution < -0.4 is 5.32 Å². The van der Waals surface area contributed by atoms with E-state index in [1.807, 2.05) is 0 Å². The van der Waals surface area contributed by atoms with Gasteiger partial charge in [-0.3, -0.25) is 4.21 Å². The summed E-state index contributed by atoms with van der Waals surface area (Å²) in [4.78, 5) is 1.08. The largest absolute Gasteiger partial charge is 0.309 e. The Morgan fingerprint density at radius 2 is 2.12 bits per heavy atom. The van der Waals surface area contributed by atoms with Crippen LogP contribution in [0.5, 0.6) is 0 Å². The number of benzene rings is 1. The molecule has 0 radical (unpaired) electrons. The summed E-state index contributed by atoms with van der Waals surface area (Å²) in [5.41, 5.74) is 2.42. The van der Waals surface area contributed by atoms with Crippen LogP contribution in [0, 0.1) is 6.92 Å². The monoisotopic (exact) mass is 251 g/mol. The molecule has 1 heterocycles. The Hall–Kier alpha value is -0.670. The molecule has 1 aliphatic rings. The highest BCUT2D eigenvalue weighted by atomic mass is 32.2. The lowest BCUT2D eigenvalue weighted by Crippen LogP contribution is -2.30. The average molecular weight is 251 g/mol. The molecule has 0 saturated heterocycles. The second-order valence-electron chi connectivity index (χ2n) is 4.67. The Bertz CT molecular complexity index is 430. The lowest BCUT2D eigenvalue weighted by atomic mass is 10.0. The van der Waals surface area contributed by atoms with Gasteiger partial charge in [-0.05, 0) is 37.4 Å². The lowest BCUT2D eigenvalue weighted by molar-refractivity contribution is 0.504. The molecule has 3 heteroatoms. The van der Waals surface area contributed by atoms with E-state index in [1.54, 1.807) is 0 Å². The van der Waals surface area contributed by atoms with Gasteiger partial charge in [0.05, 0.1) is 16.0 Å². The van der Waals surface area contributed by atoms with Crippen molar-refractivity contribution in [2.24, 2.45) is 0 Å². The van der Waals surface area contributed by atoms with Gasteiger partial charge in [0.2, 0.25) is 0 Å². The minimum Gasteiger partial charge on any atom is -0.309 e. The van der Waals surface area contributed by atoms with Crippen molar-refractivity contribution in [1.29, 1.82) is 0 Å². The summed E-state index contributed by atoms with van der Waals surface area (Å²) in [6.07, 6.45) is 2.07. The molecular weight excluding hydrogens is 230 g/mol. The highest BCUT2D eigenvalue weighted by molar-refractivity contribution is 7.86. The molecule has 1 N–H and O–H groups in total. The molecule has 0 fully saturated rings. The zero-order valence-corrected chi connectivity index (χ0v) is 11.6. The number of hydrogen-bond acceptors (Lipinski definition) is 2. The van der Waals surface area contributed by atoms with Crippen LogP contribution in [0.3, 0.4) is 0 Å². The smallest absolute Gasteiger partial charge is 0.0587 e. The Kier molecular flexibility index (Phi) is 4.00. The van der Waals surface area contributed by atoms with Gasteiger partial charge >= 0.3 is 0 Å². The van der Waals surface area contributed by atoms with Crippen LogP contribution in [-0.2, 0) is 10.8 Å². The second kappa shape index (κ2) is 5.32. The third kappa shape index (κ3) is 2.18. The van der Waals surface area contributed by atoms with E-state index < -0.39 is 10.8 Å². The molecule has 1 aromatic carbocycles. The zero-order chi connectivity index (χ0) is 12.4. The van der Waals surface area contributed by atoms with E-state index in [-0.39, 0.29) is 11.3 Å². The molecule has 3 atom stereocenters. The van der Waals surface area contributed by atoms with Crippen molar-refractivity contribution in [2.75, 3.05) is 6.54 Å². The second-order valence-corrected chi connectivity index (χ2v) is 6.28. The van der Waals surface area contributed by atoms with E-state index in [1.165, 1.54) is 11.1 Å². The van der Waals surface area contributed by atoms with Crippen molar-refractivity contribution in [2.45, 2.75) is 49.8 Å². The third-order valence-electron chi connectivity index (χ3n) is 3.44. The molecule has 0 bridgehead atoms. The SMILES string of the molecule is CCCNC1c2cccc(C)c2S(=O)C1CC. The van der Waals surface area contributed by atoms with Crippen molar-refractivity contribution in [1.82, 2.24) is 5.32 Å². The Labute approximate surface area is 106 Å². The number of nitrogens with one attached hydrogen (secondary N) is 1. The molecule has 2 rings (SSSR count). The highest BCUT2D eigenvalue weighted by Crippen LogP contribution is 2.39. The molecule has 3 unspecified atom stereocenters. The van der Waals surface area contributed by atoms with Crippen LogP contribution in [0.25, 0.3) is 0 Å². The maximum absolute atomic E-state index is 12.5. The Morgan fingerprint density at radius 3 is 2.76 bits per heavy atom. The molecule has 0 saturated carbocycles. The van der Waals surface area contributed by atoms with Crippen LogP contribution in [0.2, 0.25) is 0 Å². The number of rotatable bonds is 4. The minimum absolute atomic E-state index is 0.234. The van der Waals surface area contributed by atoms with Crippen molar-refractivity contribution in [3.63, 3.8) is 0 Å². The molecule has 0 amide bonds. The van der Waals surface area contributed by atoms with Gasteiger partial charge in [-0.1, -0.05) is 32.0 Å². The molecule has 1 aromatic rings. The summed E-state index contributed by atoms with van der Waals surface area (Å²) >= 11 is 0. The van der Waals surface area contributed by atoms with Crippen LogP contribution in [0.15, 0.2) is 23.1 Å². The van der Waals surface area contributed by atoms with E-state index in [4.69, 9.17) is 0 Å². The third-order valence-corrected chi connectivity index (χ3v) is 5.56. The fraction of sp³-hybridized carbons (Fsp3) is 0.571. The summed E-state index contributed by atoms with van der Waals surface area (Å²) in [5, 5.41) is 3.79. The quantitative estimate of drug-likeness (QED) is 0.891. The molecule has 1 aliphatic heterocycles. The maximum atomic E-state index is 12.5. The molecule has 0 aliphatic carbocycles. The molecule has 17 heavy (non-hydrogen) atoms. The molecular formula is C14H21NOS. The van der Waals surface area contributed by atoms with E-state index in [0.29, 0.717) is 0 Å². The van der Waals surface area contributed by atoms with Crippen molar-refractivity contribution < 1.29 is 4.21 Å². The first-order valence-electron chi connectivity index (χ1n) is 6.44. The fourth-order valence-electron chi connectivity index (χ4n) is 2.60. The number of hydrogen-bond donors (Lipinski definition) is 1. The number of aryl methyl sites for hydroxylation is 1. The Morgan fingerprint density at radius 1 is 1.35 bits per heavy atom. The van der Waals surface area contributed by atoms with E-state index >= 15 is 0 Å². The highest BCUT2D eigenvalue weighted by Gasteiger charge is 2.37. The summed E-state index contributed by atoms with van der Waals surface area (Å²) in [6, 6.07) is 6.54. The fourth-order valence-corrected chi connectivity index (χ4v) is 4.51. The van der Waals surface area contributed by atoms with Gasteiger partial charge in [-0.2, -0.15) is 0 Å². The first-order chi connectivity index (χ1) is 8.20. The lowest BCUT2D eigenvalue weighted by Gasteiger charge is -2.19. The van der Waals surface area contributed by atoms with Gasteiger partial charge in [0, 0.05) is 10.9 Å². The standard InChI is InChI=1S/C14H21NOS/c1-4-9-15-13-11-8-6-7-10(3)14(11)17(16)12(13)5-2/h6-8,12-13,15H,4-5,9H2,1-3H3. The van der Waals surface area contributed by atoms with Crippen LogP contribution >= 0.6 is 0 Å². The average Bonchev–Trinajstić information content (AvgIpc) is 2.60. The van der Waals surface area contributed by atoms with Gasteiger partial charge in [0.1, 0.15) is 0 Å².